The summed E-state index contributed by atoms with van der Waals surface area (Å²) in [6, 6.07) is 3.94. The Morgan fingerprint density at radius 3 is 2.87 bits per heavy atom. The molecule has 0 bridgehead atoms. The molecule has 1 amide bonds. The maximum atomic E-state index is 13.7. The molecular weight excluding hydrogens is 405 g/mol. The summed E-state index contributed by atoms with van der Waals surface area (Å²) in [5.74, 6) is 0.850. The van der Waals surface area contributed by atoms with Crippen LogP contribution < -0.4 is 10.6 Å². The van der Waals surface area contributed by atoms with E-state index in [9.17, 15) is 9.18 Å². The number of anilines is 1. The van der Waals surface area contributed by atoms with Gasteiger partial charge in [-0.25, -0.2) is 14.4 Å². The Bertz CT molecular complexity index is 955. The number of nitrogens with zero attached hydrogens (tertiary/aromatic N) is 4. The van der Waals surface area contributed by atoms with Crippen LogP contribution in [-0.2, 0) is 17.6 Å². The number of carbonyl (C=O) groups excluding carboxylic acids is 1. The SMILES string of the molecule is CC1CN(C(=O)C(N)Cc2ccc(Cl)c(F)c2)CCN1c1ncnc2c1[C@H](C)CC2. The number of aromatic nitrogens is 2. The second-order valence-corrected chi connectivity index (χ2v) is 8.79. The van der Waals surface area contributed by atoms with Gasteiger partial charge in [0.25, 0.3) is 0 Å². The molecule has 2 N–H and O–H groups in total. The van der Waals surface area contributed by atoms with Gasteiger partial charge in [-0.3, -0.25) is 4.79 Å². The predicted molar refractivity (Wildman–Crippen MR) is 115 cm³/mol. The van der Waals surface area contributed by atoms with E-state index in [1.54, 1.807) is 12.4 Å². The Hall–Kier alpha value is -2.25. The highest BCUT2D eigenvalue weighted by molar-refractivity contribution is 6.30. The lowest BCUT2D eigenvalue weighted by Gasteiger charge is -2.42. The number of fused-ring (bicyclic) bond motifs is 1. The lowest BCUT2D eigenvalue weighted by atomic mass is 10.0. The summed E-state index contributed by atoms with van der Waals surface area (Å²) in [6.07, 6.45) is 4.03. The van der Waals surface area contributed by atoms with Crippen molar-refractivity contribution in [2.24, 2.45) is 5.73 Å². The summed E-state index contributed by atoms with van der Waals surface area (Å²) in [5.41, 5.74) is 9.24. The first kappa shape index (κ1) is 21.0. The molecule has 0 radical (unpaired) electrons. The number of hydrogen-bond acceptors (Lipinski definition) is 5. The fraction of sp³-hybridized carbons (Fsp3) is 0.500. The van der Waals surface area contributed by atoms with Crippen LogP contribution in [0.2, 0.25) is 5.02 Å². The van der Waals surface area contributed by atoms with E-state index in [1.165, 1.54) is 17.7 Å². The molecule has 2 heterocycles. The Morgan fingerprint density at radius 1 is 1.33 bits per heavy atom. The van der Waals surface area contributed by atoms with Crippen LogP contribution in [0.3, 0.4) is 0 Å². The molecule has 0 saturated carbocycles. The van der Waals surface area contributed by atoms with E-state index < -0.39 is 11.9 Å². The van der Waals surface area contributed by atoms with E-state index in [2.05, 4.69) is 28.7 Å². The molecule has 1 aromatic heterocycles. The zero-order valence-electron chi connectivity index (χ0n) is 17.3. The number of amides is 1. The van der Waals surface area contributed by atoms with Crippen LogP contribution in [0.4, 0.5) is 10.2 Å². The minimum atomic E-state index is -0.715. The Kier molecular flexibility index (Phi) is 5.93. The number of aryl methyl sites for hydroxylation is 1. The van der Waals surface area contributed by atoms with Gasteiger partial charge in [0.2, 0.25) is 5.91 Å². The smallest absolute Gasteiger partial charge is 0.239 e. The van der Waals surface area contributed by atoms with Crippen molar-refractivity contribution in [1.29, 1.82) is 0 Å². The summed E-state index contributed by atoms with van der Waals surface area (Å²) in [6.45, 7) is 6.19. The van der Waals surface area contributed by atoms with Gasteiger partial charge in [-0.1, -0.05) is 24.6 Å². The summed E-state index contributed by atoms with van der Waals surface area (Å²) < 4.78 is 13.7. The average molecular weight is 432 g/mol. The Morgan fingerprint density at radius 2 is 2.13 bits per heavy atom. The largest absolute Gasteiger partial charge is 0.350 e. The number of carbonyl (C=O) groups is 1. The first-order valence-electron chi connectivity index (χ1n) is 10.4. The van der Waals surface area contributed by atoms with Gasteiger partial charge >= 0.3 is 0 Å². The van der Waals surface area contributed by atoms with Gasteiger partial charge in [-0.2, -0.15) is 0 Å². The van der Waals surface area contributed by atoms with Crippen molar-refractivity contribution in [2.45, 2.75) is 51.1 Å². The zero-order valence-corrected chi connectivity index (χ0v) is 18.1. The summed E-state index contributed by atoms with van der Waals surface area (Å²) in [4.78, 5) is 26.1. The first-order chi connectivity index (χ1) is 14.3. The van der Waals surface area contributed by atoms with Gasteiger partial charge in [0.15, 0.2) is 0 Å². The van der Waals surface area contributed by atoms with Crippen molar-refractivity contribution >= 4 is 23.3 Å². The molecule has 0 spiro atoms. The van der Waals surface area contributed by atoms with E-state index in [4.69, 9.17) is 17.3 Å². The molecule has 2 aliphatic rings. The van der Waals surface area contributed by atoms with Crippen molar-refractivity contribution in [3.8, 4) is 0 Å². The normalized spacial score (nSPS) is 22.2. The van der Waals surface area contributed by atoms with Crippen LogP contribution in [0.1, 0.15) is 43.0 Å². The Balaban J connectivity index is 1.42. The topological polar surface area (TPSA) is 75.3 Å². The monoisotopic (exact) mass is 431 g/mol. The molecule has 160 valence electrons. The maximum Gasteiger partial charge on any atom is 0.239 e. The van der Waals surface area contributed by atoms with Crippen molar-refractivity contribution < 1.29 is 9.18 Å². The molecule has 1 aliphatic carbocycles. The van der Waals surface area contributed by atoms with Gasteiger partial charge in [-0.15, -0.1) is 0 Å². The number of rotatable bonds is 4. The number of piperazine rings is 1. The van der Waals surface area contributed by atoms with Crippen molar-refractivity contribution in [3.63, 3.8) is 0 Å². The molecular formula is C22H27ClFN5O. The summed E-state index contributed by atoms with van der Waals surface area (Å²) in [5, 5.41) is 0.0640. The molecule has 3 atom stereocenters. The molecule has 1 aliphatic heterocycles. The molecule has 1 aromatic carbocycles. The average Bonchev–Trinajstić information content (AvgIpc) is 3.11. The molecule has 2 unspecified atom stereocenters. The fourth-order valence-electron chi connectivity index (χ4n) is 4.57. The van der Waals surface area contributed by atoms with Gasteiger partial charge in [0.1, 0.15) is 18.0 Å². The highest BCUT2D eigenvalue weighted by Gasteiger charge is 2.33. The predicted octanol–water partition coefficient (Wildman–Crippen LogP) is 2.93. The second kappa shape index (κ2) is 8.47. The van der Waals surface area contributed by atoms with Gasteiger partial charge in [-0.05, 0) is 49.8 Å². The minimum absolute atomic E-state index is 0.0640. The standard InChI is InChI=1S/C22H27ClFN5O/c1-13-3-6-19-20(13)21(27-12-26-19)29-8-7-28(11-14(29)2)22(30)18(25)10-15-4-5-16(23)17(24)9-15/h4-5,9,12-14,18H,3,6-8,10-11,25H2,1-2H3/t13-,14?,18?/m1/s1. The lowest BCUT2D eigenvalue weighted by molar-refractivity contribution is -0.133. The van der Waals surface area contributed by atoms with Crippen molar-refractivity contribution in [2.75, 3.05) is 24.5 Å². The Labute approximate surface area is 181 Å². The van der Waals surface area contributed by atoms with Crippen LogP contribution in [0.15, 0.2) is 24.5 Å². The van der Waals surface area contributed by atoms with E-state index in [0.29, 0.717) is 31.1 Å². The minimum Gasteiger partial charge on any atom is -0.350 e. The van der Waals surface area contributed by atoms with Crippen molar-refractivity contribution in [3.05, 3.63) is 52.2 Å². The van der Waals surface area contributed by atoms with E-state index >= 15 is 0 Å². The zero-order chi connectivity index (χ0) is 21.4. The van der Waals surface area contributed by atoms with Gasteiger partial charge in [0, 0.05) is 36.9 Å². The molecule has 8 heteroatoms. The number of nitrogens with two attached hydrogens (primary N) is 1. The van der Waals surface area contributed by atoms with E-state index in [0.717, 1.165) is 24.4 Å². The molecule has 30 heavy (non-hydrogen) atoms. The van der Waals surface area contributed by atoms with E-state index in [-0.39, 0.29) is 23.4 Å². The maximum absolute atomic E-state index is 13.7. The number of benzene rings is 1. The third-order valence-corrected chi connectivity index (χ3v) is 6.53. The van der Waals surface area contributed by atoms with E-state index in [1.807, 2.05) is 4.90 Å². The fourth-order valence-corrected chi connectivity index (χ4v) is 4.68. The van der Waals surface area contributed by atoms with Gasteiger partial charge in [0.05, 0.1) is 11.1 Å². The van der Waals surface area contributed by atoms with Crippen molar-refractivity contribution in [1.82, 2.24) is 14.9 Å². The number of hydrogen-bond donors (Lipinski definition) is 1. The highest BCUT2D eigenvalue weighted by Crippen LogP contribution is 2.38. The van der Waals surface area contributed by atoms with Crippen LogP contribution >= 0.6 is 11.6 Å². The lowest BCUT2D eigenvalue weighted by Crippen LogP contribution is -2.57. The highest BCUT2D eigenvalue weighted by atomic mass is 35.5. The first-order valence-corrected chi connectivity index (χ1v) is 10.8. The molecule has 4 rings (SSSR count). The summed E-state index contributed by atoms with van der Waals surface area (Å²) >= 11 is 5.73. The van der Waals surface area contributed by atoms with Crippen LogP contribution in [0, 0.1) is 5.82 Å². The van der Waals surface area contributed by atoms with Crippen LogP contribution in [0.25, 0.3) is 0 Å². The molecule has 1 fully saturated rings. The third-order valence-electron chi connectivity index (χ3n) is 6.22. The van der Waals surface area contributed by atoms with Gasteiger partial charge < -0.3 is 15.5 Å². The van der Waals surface area contributed by atoms with Crippen LogP contribution in [0.5, 0.6) is 0 Å². The molecule has 6 nitrogen and oxygen atoms in total. The third kappa shape index (κ3) is 4.01. The molecule has 2 aromatic rings. The van der Waals surface area contributed by atoms with Crippen LogP contribution in [-0.4, -0.2) is 52.5 Å². The molecule has 1 saturated heterocycles. The second-order valence-electron chi connectivity index (χ2n) is 8.38. The summed E-state index contributed by atoms with van der Waals surface area (Å²) in [7, 11) is 0. The number of halogens is 2. The quantitative estimate of drug-likeness (QED) is 0.805.